The van der Waals surface area contributed by atoms with E-state index in [9.17, 15) is 13.6 Å². The Hall–Kier alpha value is -4.46. The van der Waals surface area contributed by atoms with Crippen molar-refractivity contribution in [3.05, 3.63) is 96.1 Å². The molecule has 0 unspecified atom stereocenters. The second-order valence-electron chi connectivity index (χ2n) is 7.54. The van der Waals surface area contributed by atoms with Crippen LogP contribution in [0.2, 0.25) is 0 Å². The number of alkyl halides is 2. The molecule has 0 radical (unpaired) electrons. The van der Waals surface area contributed by atoms with Crippen molar-refractivity contribution < 1.29 is 23.0 Å². The highest BCUT2D eigenvalue weighted by Gasteiger charge is 2.15. The first-order valence-corrected chi connectivity index (χ1v) is 10.5. The van der Waals surface area contributed by atoms with Crippen molar-refractivity contribution in [1.82, 2.24) is 10.2 Å². The lowest BCUT2D eigenvalue weighted by Crippen LogP contribution is -2.12. The van der Waals surface area contributed by atoms with Crippen LogP contribution < -0.4 is 14.8 Å². The summed E-state index contributed by atoms with van der Waals surface area (Å²) >= 11 is 0. The average molecular weight is 459 g/mol. The molecule has 0 spiro atoms. The molecule has 0 aliphatic rings. The van der Waals surface area contributed by atoms with Gasteiger partial charge < -0.3 is 14.8 Å². The number of nitrogens with zero attached hydrogens (tertiary/aromatic N) is 1. The quantitative estimate of drug-likeness (QED) is 0.306. The molecule has 5 rings (SSSR count). The lowest BCUT2D eigenvalue weighted by atomic mass is 10.0. The lowest BCUT2D eigenvalue weighted by molar-refractivity contribution is -0.0508. The number of nitrogens with one attached hydrogen (secondary N) is 2. The average Bonchev–Trinajstić information content (AvgIpc) is 3.24. The number of amides is 1. The van der Waals surface area contributed by atoms with Crippen molar-refractivity contribution in [3.63, 3.8) is 0 Å². The number of hydrogen-bond acceptors (Lipinski definition) is 4. The zero-order valence-electron chi connectivity index (χ0n) is 17.8. The van der Waals surface area contributed by atoms with Crippen molar-refractivity contribution in [2.75, 3.05) is 5.32 Å². The van der Waals surface area contributed by atoms with Crippen LogP contribution in [0, 0.1) is 0 Å². The predicted octanol–water partition coefficient (Wildman–Crippen LogP) is 6.15. The van der Waals surface area contributed by atoms with Gasteiger partial charge in [-0.2, -0.15) is 13.9 Å². The molecule has 6 nitrogen and oxygen atoms in total. The van der Waals surface area contributed by atoms with Crippen molar-refractivity contribution in [2.24, 2.45) is 0 Å². The third kappa shape index (κ3) is 4.38. The van der Waals surface area contributed by atoms with Crippen LogP contribution in [-0.2, 0) is 6.61 Å². The Morgan fingerprint density at radius 1 is 0.941 bits per heavy atom. The van der Waals surface area contributed by atoms with E-state index in [0.717, 1.165) is 10.8 Å². The number of anilines is 1. The molecule has 0 aliphatic heterocycles. The van der Waals surface area contributed by atoms with E-state index in [4.69, 9.17) is 4.74 Å². The monoisotopic (exact) mass is 459 g/mol. The number of ether oxygens (including phenoxy) is 2. The number of para-hydroxylation sites is 1. The molecule has 0 atom stereocenters. The third-order valence-electron chi connectivity index (χ3n) is 5.38. The van der Waals surface area contributed by atoms with Crippen molar-refractivity contribution in [2.45, 2.75) is 13.2 Å². The van der Waals surface area contributed by atoms with Crippen LogP contribution in [0.3, 0.4) is 0 Å². The van der Waals surface area contributed by atoms with Gasteiger partial charge >= 0.3 is 6.61 Å². The molecule has 170 valence electrons. The Morgan fingerprint density at radius 3 is 2.62 bits per heavy atom. The van der Waals surface area contributed by atoms with E-state index in [1.54, 1.807) is 42.5 Å². The number of rotatable bonds is 7. The minimum Gasteiger partial charge on any atom is -0.489 e. The van der Waals surface area contributed by atoms with Gasteiger partial charge in [0.15, 0.2) is 5.82 Å². The maximum absolute atomic E-state index is 12.9. The summed E-state index contributed by atoms with van der Waals surface area (Å²) in [5, 5.41) is 12.5. The maximum Gasteiger partial charge on any atom is 0.387 e. The number of aromatic amines is 1. The van der Waals surface area contributed by atoms with Gasteiger partial charge in [-0.1, -0.05) is 54.6 Å². The summed E-state index contributed by atoms with van der Waals surface area (Å²) in [6, 6.07) is 24.9. The van der Waals surface area contributed by atoms with E-state index in [1.807, 2.05) is 36.4 Å². The minimum atomic E-state index is -2.91. The van der Waals surface area contributed by atoms with Gasteiger partial charge in [-0.15, -0.1) is 0 Å². The van der Waals surface area contributed by atoms with Crippen LogP contribution >= 0.6 is 0 Å². The second-order valence-corrected chi connectivity index (χ2v) is 7.54. The molecule has 0 saturated carbocycles. The molecule has 0 fully saturated rings. The maximum atomic E-state index is 12.9. The molecule has 5 aromatic rings. The predicted molar refractivity (Wildman–Crippen MR) is 125 cm³/mol. The van der Waals surface area contributed by atoms with Crippen molar-refractivity contribution in [3.8, 4) is 11.5 Å². The molecule has 4 aromatic carbocycles. The smallest absolute Gasteiger partial charge is 0.387 e. The van der Waals surface area contributed by atoms with Crippen LogP contribution in [0.4, 0.5) is 14.6 Å². The van der Waals surface area contributed by atoms with E-state index < -0.39 is 6.61 Å². The van der Waals surface area contributed by atoms with Gasteiger partial charge in [-0.3, -0.25) is 9.89 Å². The van der Waals surface area contributed by atoms with Crippen molar-refractivity contribution in [1.29, 1.82) is 0 Å². The molecule has 0 saturated heterocycles. The van der Waals surface area contributed by atoms with Crippen LogP contribution in [0.1, 0.15) is 15.9 Å². The molecule has 8 heteroatoms. The summed E-state index contributed by atoms with van der Waals surface area (Å²) in [7, 11) is 0. The molecule has 1 amide bonds. The van der Waals surface area contributed by atoms with Gasteiger partial charge in [0.25, 0.3) is 5.91 Å². The first kappa shape index (κ1) is 21.4. The normalized spacial score (nSPS) is 11.1. The summed E-state index contributed by atoms with van der Waals surface area (Å²) < 4.78 is 35.5. The molecule has 0 aliphatic carbocycles. The fraction of sp³-hybridized carbons (Fsp3) is 0.0769. The number of aromatic nitrogens is 2. The minimum absolute atomic E-state index is 0.0488. The molecule has 1 aromatic heterocycles. The number of halogens is 2. The van der Waals surface area contributed by atoms with Crippen LogP contribution in [0.25, 0.3) is 21.7 Å². The summed E-state index contributed by atoms with van der Waals surface area (Å²) in [5.74, 6) is 0.713. The fourth-order valence-electron chi connectivity index (χ4n) is 3.78. The van der Waals surface area contributed by atoms with E-state index in [0.29, 0.717) is 33.6 Å². The first-order valence-electron chi connectivity index (χ1n) is 10.5. The van der Waals surface area contributed by atoms with Gasteiger partial charge in [0.2, 0.25) is 0 Å². The number of benzene rings is 4. The summed E-state index contributed by atoms with van der Waals surface area (Å²) in [4.78, 5) is 12.9. The summed E-state index contributed by atoms with van der Waals surface area (Å²) in [6.07, 6.45) is 0. The van der Waals surface area contributed by atoms with Gasteiger partial charge in [0.05, 0.1) is 5.52 Å². The Morgan fingerprint density at radius 2 is 1.74 bits per heavy atom. The molecule has 0 bridgehead atoms. The topological polar surface area (TPSA) is 76.2 Å². The van der Waals surface area contributed by atoms with Crippen LogP contribution in [0.5, 0.6) is 11.5 Å². The van der Waals surface area contributed by atoms with E-state index in [1.165, 1.54) is 6.07 Å². The highest BCUT2D eigenvalue weighted by atomic mass is 19.3. The fourth-order valence-corrected chi connectivity index (χ4v) is 3.78. The molecule has 34 heavy (non-hydrogen) atoms. The Bertz CT molecular complexity index is 1480. The zero-order valence-corrected chi connectivity index (χ0v) is 17.8. The number of carbonyl (C=O) groups excluding carboxylic acids is 1. The summed E-state index contributed by atoms with van der Waals surface area (Å²) in [6.45, 7) is -2.86. The Balaban J connectivity index is 1.33. The van der Waals surface area contributed by atoms with Gasteiger partial charge in [-0.05, 0) is 35.0 Å². The van der Waals surface area contributed by atoms with Crippen LogP contribution in [-0.4, -0.2) is 22.7 Å². The number of H-pyrrole nitrogens is 1. The Labute approximate surface area is 193 Å². The van der Waals surface area contributed by atoms with Gasteiger partial charge in [0.1, 0.15) is 18.1 Å². The van der Waals surface area contributed by atoms with Crippen molar-refractivity contribution >= 4 is 33.4 Å². The lowest BCUT2D eigenvalue weighted by Gasteiger charge is -2.11. The molecule has 2 N–H and O–H groups in total. The number of fused-ring (bicyclic) bond motifs is 2. The van der Waals surface area contributed by atoms with Crippen LogP contribution in [0.15, 0.2) is 84.9 Å². The molecule has 1 heterocycles. The number of hydrogen-bond donors (Lipinski definition) is 2. The zero-order chi connectivity index (χ0) is 23.5. The van der Waals surface area contributed by atoms with Gasteiger partial charge in [-0.25, -0.2) is 0 Å². The standard InChI is InChI=1S/C26H19F2N3O3/c27-26(28)34-23-11-4-2-7-17(23)15-33-18-12-13-21-22(14-18)30-31-24(21)29-25(32)20-10-5-8-16-6-1-3-9-19(16)20/h1-14,26H,15H2,(H2,29,30,31,32). The third-order valence-corrected chi connectivity index (χ3v) is 5.38. The number of carbonyl (C=O) groups is 1. The second kappa shape index (κ2) is 9.19. The van der Waals surface area contributed by atoms with E-state index in [2.05, 4.69) is 20.3 Å². The van der Waals surface area contributed by atoms with E-state index >= 15 is 0 Å². The highest BCUT2D eigenvalue weighted by Crippen LogP contribution is 2.28. The summed E-state index contributed by atoms with van der Waals surface area (Å²) in [5.41, 5.74) is 1.71. The first-order chi connectivity index (χ1) is 16.6. The van der Waals surface area contributed by atoms with Gasteiger partial charge in [0, 0.05) is 22.6 Å². The highest BCUT2D eigenvalue weighted by molar-refractivity contribution is 6.14. The largest absolute Gasteiger partial charge is 0.489 e. The molecular weight excluding hydrogens is 440 g/mol. The molecular formula is C26H19F2N3O3. The van der Waals surface area contributed by atoms with E-state index in [-0.39, 0.29) is 18.3 Å². The Kier molecular flexibility index (Phi) is 5.78. The SMILES string of the molecule is O=C(Nc1n[nH]c2cc(OCc3ccccc3OC(F)F)ccc12)c1cccc2ccccc12.